The molecular formula is C50H84O10. The number of carbonyl (C=O) groups is 2. The van der Waals surface area contributed by atoms with Crippen LogP contribution in [0.4, 0.5) is 0 Å². The van der Waals surface area contributed by atoms with Crippen molar-refractivity contribution in [1.29, 1.82) is 0 Å². The van der Waals surface area contributed by atoms with E-state index >= 15 is 0 Å². The third-order valence-electron chi connectivity index (χ3n) is 10.4. The van der Waals surface area contributed by atoms with Crippen molar-refractivity contribution in [1.82, 2.24) is 0 Å². The largest absolute Gasteiger partial charge is 0.462 e. The maximum Gasteiger partial charge on any atom is 0.306 e. The van der Waals surface area contributed by atoms with E-state index in [2.05, 4.69) is 68.5 Å². The SMILES string of the molecule is CC/C=C/C=C/C=C/CCCCCCCC(=O)OC(COC(=O)CCCCCCCCCCC/C=C/C/C=C/C/C=C/CCCCC)CO[C@H]1O[C@@H](CO)[C@@H](O)C(O)C1O. The topological polar surface area (TPSA) is 152 Å². The third kappa shape index (κ3) is 31.1. The van der Waals surface area contributed by atoms with E-state index in [0.29, 0.717) is 12.8 Å². The predicted octanol–water partition coefficient (Wildman–Crippen LogP) is 10.4. The minimum atomic E-state index is -1.60. The van der Waals surface area contributed by atoms with Gasteiger partial charge in [0.05, 0.1) is 13.2 Å². The van der Waals surface area contributed by atoms with Crippen molar-refractivity contribution >= 4 is 11.9 Å². The smallest absolute Gasteiger partial charge is 0.306 e. The van der Waals surface area contributed by atoms with Crippen LogP contribution in [0.2, 0.25) is 0 Å². The van der Waals surface area contributed by atoms with Gasteiger partial charge >= 0.3 is 11.9 Å². The first-order chi connectivity index (χ1) is 29.3. The predicted molar refractivity (Wildman–Crippen MR) is 242 cm³/mol. The maximum atomic E-state index is 12.8. The number of ether oxygens (including phenoxy) is 4. The van der Waals surface area contributed by atoms with Gasteiger partial charge in [0.2, 0.25) is 0 Å². The summed E-state index contributed by atoms with van der Waals surface area (Å²) >= 11 is 0. The van der Waals surface area contributed by atoms with Gasteiger partial charge in [-0.15, -0.1) is 0 Å². The molecule has 10 heteroatoms. The van der Waals surface area contributed by atoms with Crippen molar-refractivity contribution in [2.75, 3.05) is 19.8 Å². The summed E-state index contributed by atoms with van der Waals surface area (Å²) < 4.78 is 22.1. The van der Waals surface area contributed by atoms with E-state index in [1.54, 1.807) is 0 Å². The van der Waals surface area contributed by atoms with Crippen molar-refractivity contribution in [2.45, 2.75) is 211 Å². The molecule has 3 unspecified atom stereocenters. The van der Waals surface area contributed by atoms with Gasteiger partial charge in [0.15, 0.2) is 12.4 Å². The van der Waals surface area contributed by atoms with Crippen LogP contribution in [0.1, 0.15) is 174 Å². The first kappa shape index (κ1) is 55.2. The summed E-state index contributed by atoms with van der Waals surface area (Å²) in [5, 5.41) is 40.1. The zero-order valence-electron chi connectivity index (χ0n) is 37.4. The lowest BCUT2D eigenvalue weighted by molar-refractivity contribution is -0.305. The number of rotatable bonds is 38. The van der Waals surface area contributed by atoms with Crippen LogP contribution in [-0.4, -0.2) is 89.0 Å². The van der Waals surface area contributed by atoms with Crippen LogP contribution < -0.4 is 0 Å². The van der Waals surface area contributed by atoms with Gasteiger partial charge in [0, 0.05) is 12.8 Å². The quantitative estimate of drug-likeness (QED) is 0.0205. The Bertz CT molecular complexity index is 1210. The van der Waals surface area contributed by atoms with Gasteiger partial charge in [-0.2, -0.15) is 0 Å². The summed E-state index contributed by atoms with van der Waals surface area (Å²) in [6.45, 7) is 3.23. The Morgan fingerprint density at radius 3 is 1.62 bits per heavy atom. The molecule has 0 radical (unpaired) electrons. The molecule has 1 saturated heterocycles. The molecule has 0 spiro atoms. The maximum absolute atomic E-state index is 12.8. The zero-order chi connectivity index (χ0) is 43.7. The number of esters is 2. The Morgan fingerprint density at radius 2 is 1.05 bits per heavy atom. The first-order valence-electron chi connectivity index (χ1n) is 23.5. The highest BCUT2D eigenvalue weighted by Crippen LogP contribution is 2.22. The van der Waals surface area contributed by atoms with Crippen molar-refractivity contribution in [3.8, 4) is 0 Å². The number of aliphatic hydroxyl groups is 4. The lowest BCUT2D eigenvalue weighted by Gasteiger charge is -2.39. The molecule has 1 rings (SSSR count). The van der Waals surface area contributed by atoms with E-state index in [9.17, 15) is 30.0 Å². The third-order valence-corrected chi connectivity index (χ3v) is 10.4. The molecule has 1 aliphatic heterocycles. The van der Waals surface area contributed by atoms with Gasteiger partial charge in [-0.05, 0) is 70.6 Å². The van der Waals surface area contributed by atoms with Gasteiger partial charge in [-0.3, -0.25) is 9.59 Å². The fraction of sp³-hybridized carbons (Fsp3) is 0.720. The van der Waals surface area contributed by atoms with Crippen molar-refractivity contribution in [3.05, 3.63) is 72.9 Å². The Kier molecular flexibility index (Phi) is 37.0. The number of carbonyl (C=O) groups excluding carboxylic acids is 2. The molecule has 10 nitrogen and oxygen atoms in total. The second-order valence-electron chi connectivity index (χ2n) is 15.9. The number of allylic oxidation sites excluding steroid dienone is 12. The number of unbranched alkanes of at least 4 members (excludes halogenated alkanes) is 17. The fourth-order valence-corrected chi connectivity index (χ4v) is 6.66. The summed E-state index contributed by atoms with van der Waals surface area (Å²) in [6, 6.07) is 0. The van der Waals surface area contributed by atoms with Gasteiger partial charge < -0.3 is 39.4 Å². The van der Waals surface area contributed by atoms with E-state index in [4.69, 9.17) is 18.9 Å². The molecule has 6 atom stereocenters. The zero-order valence-corrected chi connectivity index (χ0v) is 37.4. The van der Waals surface area contributed by atoms with Crippen molar-refractivity contribution in [3.63, 3.8) is 0 Å². The monoisotopic (exact) mass is 845 g/mol. The second kappa shape index (κ2) is 40.2. The molecule has 60 heavy (non-hydrogen) atoms. The van der Waals surface area contributed by atoms with Crippen LogP contribution in [0.3, 0.4) is 0 Å². The molecule has 1 aliphatic rings. The average molecular weight is 845 g/mol. The summed E-state index contributed by atoms with van der Waals surface area (Å²) in [4.78, 5) is 25.3. The number of hydrogen-bond donors (Lipinski definition) is 4. The fourth-order valence-electron chi connectivity index (χ4n) is 6.66. The Hall–Kier alpha value is -2.86. The summed E-state index contributed by atoms with van der Waals surface area (Å²) in [5.41, 5.74) is 0. The van der Waals surface area contributed by atoms with Crippen LogP contribution in [-0.2, 0) is 28.5 Å². The van der Waals surface area contributed by atoms with Crippen molar-refractivity contribution in [2.24, 2.45) is 0 Å². The Balaban J connectivity index is 2.29. The molecule has 1 fully saturated rings. The highest BCUT2D eigenvalue weighted by molar-refractivity contribution is 5.70. The van der Waals surface area contributed by atoms with E-state index in [0.717, 1.165) is 77.0 Å². The highest BCUT2D eigenvalue weighted by Gasteiger charge is 2.44. The molecule has 0 bridgehead atoms. The highest BCUT2D eigenvalue weighted by atomic mass is 16.7. The number of aliphatic hydroxyl groups excluding tert-OH is 4. The van der Waals surface area contributed by atoms with Crippen LogP contribution >= 0.6 is 0 Å². The van der Waals surface area contributed by atoms with Crippen LogP contribution in [0, 0.1) is 0 Å². The normalized spacial score (nSPS) is 20.5. The molecule has 0 aromatic rings. The van der Waals surface area contributed by atoms with Crippen molar-refractivity contribution < 1.29 is 49.0 Å². The lowest BCUT2D eigenvalue weighted by atomic mass is 9.99. The molecule has 4 N–H and O–H groups in total. The van der Waals surface area contributed by atoms with Gasteiger partial charge in [-0.25, -0.2) is 0 Å². The number of hydrogen-bond acceptors (Lipinski definition) is 10. The van der Waals surface area contributed by atoms with Crippen LogP contribution in [0.25, 0.3) is 0 Å². The molecule has 0 aromatic heterocycles. The Morgan fingerprint density at radius 1 is 0.550 bits per heavy atom. The average Bonchev–Trinajstić information content (AvgIpc) is 3.25. The summed E-state index contributed by atoms with van der Waals surface area (Å²) in [5.74, 6) is -0.842. The van der Waals surface area contributed by atoms with Crippen LogP contribution in [0.5, 0.6) is 0 Å². The molecule has 0 aromatic carbocycles. The summed E-state index contributed by atoms with van der Waals surface area (Å²) in [6.07, 6.45) is 43.4. The van der Waals surface area contributed by atoms with E-state index in [1.165, 1.54) is 57.8 Å². The molecular weight excluding hydrogens is 761 g/mol. The van der Waals surface area contributed by atoms with Crippen LogP contribution in [0.15, 0.2) is 72.9 Å². The van der Waals surface area contributed by atoms with E-state index in [1.807, 2.05) is 18.2 Å². The summed E-state index contributed by atoms with van der Waals surface area (Å²) in [7, 11) is 0. The molecule has 344 valence electrons. The molecule has 1 heterocycles. The molecule has 0 amide bonds. The first-order valence-corrected chi connectivity index (χ1v) is 23.5. The van der Waals surface area contributed by atoms with E-state index in [-0.39, 0.29) is 26.1 Å². The molecule has 0 saturated carbocycles. The van der Waals surface area contributed by atoms with Gasteiger partial charge in [0.25, 0.3) is 0 Å². The standard InChI is InChI=1S/C50H84O10/c1-3-5-7-9-11-13-15-17-18-19-20-21-22-23-24-25-27-28-30-32-34-36-38-45(52)57-41-43(42-58-50-49(56)48(55)47(54)44(40-51)60-50)59-46(53)39-37-35-33-31-29-26-16-14-12-10-8-6-4-2/h6,8,10-14,16-18,20-21,43-44,47-51,54-56H,3-5,7,9,15,19,22-42H2,1-2H3/b8-6+,12-10+,13-11+,16-14+,18-17+,21-20+/t43?,44-,47+,48?,49?,50-/m0/s1. The molecule has 0 aliphatic carbocycles. The Labute approximate surface area is 363 Å². The van der Waals surface area contributed by atoms with Gasteiger partial charge in [0.1, 0.15) is 31.0 Å². The lowest BCUT2D eigenvalue weighted by Crippen LogP contribution is -2.59. The van der Waals surface area contributed by atoms with Gasteiger partial charge in [-0.1, -0.05) is 164 Å². The minimum absolute atomic E-state index is 0.202. The minimum Gasteiger partial charge on any atom is -0.462 e. The van der Waals surface area contributed by atoms with E-state index < -0.39 is 55.4 Å². The second-order valence-corrected chi connectivity index (χ2v) is 15.9.